The number of piperazine rings is 1. The van der Waals surface area contributed by atoms with Crippen LogP contribution in [0, 0.1) is 10.1 Å². The fourth-order valence-electron chi connectivity index (χ4n) is 4.77. The molecule has 0 aliphatic carbocycles. The molecule has 0 N–H and O–H groups in total. The summed E-state index contributed by atoms with van der Waals surface area (Å²) in [6.45, 7) is 0.755. The summed E-state index contributed by atoms with van der Waals surface area (Å²) in [5.41, 5.74) is 0.0856. The third kappa shape index (κ3) is 6.56. The predicted octanol–water partition coefficient (Wildman–Crippen LogP) is 4.67. The van der Waals surface area contributed by atoms with E-state index in [9.17, 15) is 36.5 Å². The Bertz CT molecular complexity index is 1610. The number of carbonyl (C=O) groups excluding carboxylic acids is 1. The maximum absolute atomic E-state index is 13.7. The highest BCUT2D eigenvalue weighted by Crippen LogP contribution is 2.34. The van der Waals surface area contributed by atoms with Crippen LogP contribution in [0.25, 0.3) is 0 Å². The first-order chi connectivity index (χ1) is 20.4. The van der Waals surface area contributed by atoms with E-state index in [1.54, 1.807) is 4.90 Å². The SMILES string of the molecule is O=C(OCc1ccccc1)N1CCN(C2=NC(c3ccc(C(F)(F)F)cc3)CN2S(=O)(=O)c2ccc([N+](=O)[O-])cc2)CC1. The molecule has 1 unspecified atom stereocenters. The van der Waals surface area contributed by atoms with E-state index in [2.05, 4.69) is 4.99 Å². The summed E-state index contributed by atoms with van der Waals surface area (Å²) in [5, 5.41) is 11.1. The Labute approximate surface area is 245 Å². The topological polar surface area (TPSA) is 126 Å². The van der Waals surface area contributed by atoms with Crippen LogP contribution in [0.4, 0.5) is 23.7 Å². The second-order valence-electron chi connectivity index (χ2n) is 9.87. The summed E-state index contributed by atoms with van der Waals surface area (Å²) < 4.78 is 73.3. The molecule has 1 saturated heterocycles. The number of benzene rings is 3. The zero-order valence-corrected chi connectivity index (χ0v) is 23.4. The number of nitro benzene ring substituents is 1. The number of sulfonamides is 1. The first-order valence-corrected chi connectivity index (χ1v) is 14.6. The van der Waals surface area contributed by atoms with Crippen LogP contribution in [0.3, 0.4) is 0 Å². The van der Waals surface area contributed by atoms with E-state index in [1.807, 2.05) is 30.3 Å². The standard InChI is InChI=1S/C28H26F3N5O6S/c29-28(30,31)22-8-6-21(7-9-22)25-18-35(43(40,41)24-12-10-23(11-13-24)36(38)39)26(32-25)33-14-16-34(17-15-33)27(37)42-19-20-4-2-1-3-5-20/h1-13,25H,14-19H2. The van der Waals surface area contributed by atoms with Crippen molar-refractivity contribution in [2.75, 3.05) is 32.7 Å². The summed E-state index contributed by atoms with van der Waals surface area (Å²) in [6.07, 6.45) is -5.05. The van der Waals surface area contributed by atoms with E-state index in [4.69, 9.17) is 4.74 Å². The van der Waals surface area contributed by atoms with E-state index < -0.39 is 38.8 Å². The molecule has 3 aromatic rings. The lowest BCUT2D eigenvalue weighted by atomic mass is 10.1. The number of rotatable bonds is 6. The Kier molecular flexibility index (Phi) is 8.26. The number of halogens is 3. The highest BCUT2D eigenvalue weighted by atomic mass is 32.2. The monoisotopic (exact) mass is 617 g/mol. The Balaban J connectivity index is 1.36. The number of nitrogens with zero attached hydrogens (tertiary/aromatic N) is 5. The van der Waals surface area contributed by atoms with Crippen molar-refractivity contribution < 1.29 is 36.0 Å². The number of amides is 1. The average molecular weight is 618 g/mol. The van der Waals surface area contributed by atoms with Crippen LogP contribution in [0.5, 0.6) is 0 Å². The van der Waals surface area contributed by atoms with Gasteiger partial charge in [-0.25, -0.2) is 22.5 Å². The fraction of sp³-hybridized carbons (Fsp3) is 0.286. The first-order valence-electron chi connectivity index (χ1n) is 13.2. The minimum atomic E-state index is -4.53. The molecule has 11 nitrogen and oxygen atoms in total. The molecule has 0 radical (unpaired) electrons. The second kappa shape index (κ2) is 11.9. The number of hydrogen-bond acceptors (Lipinski definition) is 8. The van der Waals surface area contributed by atoms with Gasteiger partial charge in [0.05, 0.1) is 28.0 Å². The van der Waals surface area contributed by atoms with Gasteiger partial charge in [-0.05, 0) is 35.4 Å². The van der Waals surface area contributed by atoms with Crippen molar-refractivity contribution in [3.8, 4) is 0 Å². The molecule has 0 aromatic heterocycles. The molecule has 2 aliphatic rings. The number of ether oxygens (including phenoxy) is 1. The Morgan fingerprint density at radius 3 is 2.16 bits per heavy atom. The molecule has 2 aliphatic heterocycles. The third-order valence-electron chi connectivity index (χ3n) is 7.12. The molecular formula is C28H26F3N5O6S. The molecule has 0 saturated carbocycles. The van der Waals surface area contributed by atoms with E-state index in [1.165, 1.54) is 17.0 Å². The van der Waals surface area contributed by atoms with Crippen LogP contribution in [0.2, 0.25) is 0 Å². The average Bonchev–Trinajstić information content (AvgIpc) is 3.47. The molecule has 2 heterocycles. The van der Waals surface area contributed by atoms with E-state index in [-0.39, 0.29) is 55.9 Å². The van der Waals surface area contributed by atoms with E-state index in [0.29, 0.717) is 5.56 Å². The van der Waals surface area contributed by atoms with Gasteiger partial charge in [-0.2, -0.15) is 13.2 Å². The molecule has 0 bridgehead atoms. The van der Waals surface area contributed by atoms with Gasteiger partial charge in [0.2, 0.25) is 5.96 Å². The Morgan fingerprint density at radius 1 is 0.953 bits per heavy atom. The summed E-state index contributed by atoms with van der Waals surface area (Å²) in [5.74, 6) is 0.0700. The lowest BCUT2D eigenvalue weighted by molar-refractivity contribution is -0.384. The van der Waals surface area contributed by atoms with Gasteiger partial charge in [-0.1, -0.05) is 42.5 Å². The Morgan fingerprint density at radius 2 is 1.58 bits per heavy atom. The number of guanidine groups is 1. The summed E-state index contributed by atoms with van der Waals surface area (Å²) in [4.78, 5) is 30.6. The second-order valence-corrected chi connectivity index (χ2v) is 11.7. The molecule has 1 atom stereocenters. The van der Waals surface area contributed by atoms with Crippen molar-refractivity contribution in [2.24, 2.45) is 4.99 Å². The van der Waals surface area contributed by atoms with Crippen molar-refractivity contribution >= 4 is 27.8 Å². The molecule has 1 fully saturated rings. The predicted molar refractivity (Wildman–Crippen MR) is 148 cm³/mol. The van der Waals surface area contributed by atoms with Gasteiger partial charge in [-0.15, -0.1) is 0 Å². The van der Waals surface area contributed by atoms with Crippen LogP contribution in [0.15, 0.2) is 88.8 Å². The Hall–Kier alpha value is -4.66. The lowest BCUT2D eigenvalue weighted by Gasteiger charge is -2.37. The number of non-ortho nitro benzene ring substituents is 1. The zero-order valence-electron chi connectivity index (χ0n) is 22.6. The summed E-state index contributed by atoms with van der Waals surface area (Å²) in [6, 6.07) is 17.1. The van der Waals surface area contributed by atoms with Crippen LogP contribution >= 0.6 is 0 Å². The van der Waals surface area contributed by atoms with E-state index >= 15 is 0 Å². The first kappa shape index (κ1) is 29.8. The largest absolute Gasteiger partial charge is 0.445 e. The van der Waals surface area contributed by atoms with Gasteiger partial charge in [-0.3, -0.25) is 10.1 Å². The highest BCUT2D eigenvalue weighted by molar-refractivity contribution is 7.89. The van der Waals surface area contributed by atoms with E-state index in [0.717, 1.165) is 46.3 Å². The molecule has 5 rings (SSSR count). The lowest BCUT2D eigenvalue weighted by Crippen LogP contribution is -2.54. The van der Waals surface area contributed by atoms with Crippen molar-refractivity contribution in [3.05, 3.63) is 106 Å². The van der Waals surface area contributed by atoms with Gasteiger partial charge < -0.3 is 14.5 Å². The minimum Gasteiger partial charge on any atom is -0.445 e. The maximum Gasteiger partial charge on any atom is 0.416 e. The smallest absolute Gasteiger partial charge is 0.416 e. The van der Waals surface area contributed by atoms with Crippen molar-refractivity contribution in [1.82, 2.24) is 14.1 Å². The minimum absolute atomic E-state index is 0.0700. The normalized spacial score (nSPS) is 17.5. The fourth-order valence-corrected chi connectivity index (χ4v) is 6.22. The highest BCUT2D eigenvalue weighted by Gasteiger charge is 2.40. The van der Waals surface area contributed by atoms with Crippen molar-refractivity contribution in [2.45, 2.75) is 23.7 Å². The zero-order chi connectivity index (χ0) is 30.8. The van der Waals surface area contributed by atoms with Crippen LogP contribution in [0.1, 0.15) is 22.7 Å². The van der Waals surface area contributed by atoms with Gasteiger partial charge in [0.1, 0.15) is 6.61 Å². The van der Waals surface area contributed by atoms with Gasteiger partial charge >= 0.3 is 12.3 Å². The molecule has 43 heavy (non-hydrogen) atoms. The third-order valence-corrected chi connectivity index (χ3v) is 8.88. The summed E-state index contributed by atoms with van der Waals surface area (Å²) in [7, 11) is -4.27. The van der Waals surface area contributed by atoms with Gasteiger partial charge in [0.15, 0.2) is 0 Å². The maximum atomic E-state index is 13.7. The van der Waals surface area contributed by atoms with Crippen molar-refractivity contribution in [1.29, 1.82) is 0 Å². The van der Waals surface area contributed by atoms with Gasteiger partial charge in [0, 0.05) is 38.3 Å². The molecule has 15 heteroatoms. The quantitative estimate of drug-likeness (QED) is 0.291. The van der Waals surface area contributed by atoms with Crippen molar-refractivity contribution in [3.63, 3.8) is 0 Å². The van der Waals surface area contributed by atoms with Crippen LogP contribution in [-0.4, -0.2) is 72.2 Å². The van der Waals surface area contributed by atoms with Gasteiger partial charge in [0.25, 0.3) is 15.7 Å². The van der Waals surface area contributed by atoms with Crippen LogP contribution < -0.4 is 0 Å². The summed E-state index contributed by atoms with van der Waals surface area (Å²) >= 11 is 0. The number of carbonyl (C=O) groups is 1. The number of alkyl halides is 3. The molecule has 0 spiro atoms. The number of hydrogen-bond donors (Lipinski definition) is 0. The molecule has 1 amide bonds. The molecule has 226 valence electrons. The number of aliphatic imine (C=N–C) groups is 1. The van der Waals surface area contributed by atoms with Crippen LogP contribution in [-0.2, 0) is 27.5 Å². The number of nitro groups is 1. The molecule has 3 aromatic carbocycles. The molecular weight excluding hydrogens is 591 g/mol.